The van der Waals surface area contributed by atoms with E-state index < -0.39 is 0 Å². The van der Waals surface area contributed by atoms with Crippen LogP contribution in [-0.2, 0) is 4.79 Å². The molecule has 1 atom stereocenters. The van der Waals surface area contributed by atoms with Crippen LogP contribution in [0.4, 0.5) is 0 Å². The van der Waals surface area contributed by atoms with Crippen LogP contribution in [0, 0.1) is 0 Å². The van der Waals surface area contributed by atoms with Crippen molar-refractivity contribution < 1.29 is 4.79 Å². The lowest BCUT2D eigenvalue weighted by Crippen LogP contribution is -2.44. The van der Waals surface area contributed by atoms with E-state index in [2.05, 4.69) is 39.9 Å². The molecule has 0 aromatic rings. The summed E-state index contributed by atoms with van der Waals surface area (Å²) in [6, 6.07) is 0.724. The number of hydrogen-bond acceptors (Lipinski definition) is 2. The quantitative estimate of drug-likeness (QED) is 0.631. The van der Waals surface area contributed by atoms with E-state index in [1.54, 1.807) is 0 Å². The Hall–Kier alpha value is -0.570. The third kappa shape index (κ3) is 7.37. The van der Waals surface area contributed by atoms with Crippen molar-refractivity contribution in [3.63, 3.8) is 0 Å². The van der Waals surface area contributed by atoms with E-state index in [0.717, 1.165) is 19.4 Å². The van der Waals surface area contributed by atoms with Crippen LogP contribution in [0.1, 0.15) is 60.3 Å². The first-order valence-corrected chi connectivity index (χ1v) is 7.05. The van der Waals surface area contributed by atoms with E-state index in [1.807, 2.05) is 4.90 Å². The molecule has 0 saturated carbocycles. The molecule has 102 valence electrons. The number of amides is 1. The summed E-state index contributed by atoms with van der Waals surface area (Å²) in [6.45, 7) is 12.0. The molecule has 0 bridgehead atoms. The van der Waals surface area contributed by atoms with Crippen molar-refractivity contribution in [2.24, 2.45) is 0 Å². The molecule has 0 rings (SSSR count). The largest absolute Gasteiger partial charge is 0.339 e. The second-order valence-corrected chi connectivity index (χ2v) is 5.08. The predicted octanol–water partition coefficient (Wildman–Crippen LogP) is 2.80. The van der Waals surface area contributed by atoms with Crippen LogP contribution in [-0.4, -0.2) is 36.0 Å². The summed E-state index contributed by atoms with van der Waals surface area (Å²) >= 11 is 0. The molecule has 1 amide bonds. The topological polar surface area (TPSA) is 32.3 Å². The second-order valence-electron chi connectivity index (χ2n) is 5.08. The van der Waals surface area contributed by atoms with Gasteiger partial charge in [-0.1, -0.05) is 26.7 Å². The molecule has 0 aromatic carbocycles. The fourth-order valence-electron chi connectivity index (χ4n) is 1.71. The van der Waals surface area contributed by atoms with Gasteiger partial charge in [0.05, 0.1) is 6.54 Å². The minimum absolute atomic E-state index is 0.233. The molecule has 3 nitrogen and oxygen atoms in total. The van der Waals surface area contributed by atoms with Crippen LogP contribution in [0.15, 0.2) is 0 Å². The highest BCUT2D eigenvalue weighted by molar-refractivity contribution is 5.78. The second kappa shape index (κ2) is 9.46. The van der Waals surface area contributed by atoms with Crippen LogP contribution in [0.25, 0.3) is 0 Å². The Labute approximate surface area is 107 Å². The smallest absolute Gasteiger partial charge is 0.236 e. The van der Waals surface area contributed by atoms with Crippen LogP contribution < -0.4 is 5.32 Å². The molecule has 1 unspecified atom stereocenters. The number of carbonyl (C=O) groups is 1. The maximum atomic E-state index is 12.1. The van der Waals surface area contributed by atoms with Crippen molar-refractivity contribution in [1.82, 2.24) is 10.2 Å². The first-order valence-electron chi connectivity index (χ1n) is 7.05. The highest BCUT2D eigenvalue weighted by Gasteiger charge is 2.16. The molecule has 0 fully saturated rings. The van der Waals surface area contributed by atoms with Gasteiger partial charge in [-0.15, -0.1) is 0 Å². The minimum Gasteiger partial charge on any atom is -0.339 e. The molecule has 0 radical (unpaired) electrons. The fourth-order valence-corrected chi connectivity index (χ4v) is 1.71. The Bertz CT molecular complexity index is 204. The average Bonchev–Trinajstić information content (AvgIpc) is 2.30. The van der Waals surface area contributed by atoms with Crippen LogP contribution in [0.5, 0.6) is 0 Å². The third-order valence-electron chi connectivity index (χ3n) is 3.16. The Kier molecular flexibility index (Phi) is 9.14. The Morgan fingerprint density at radius 2 is 1.82 bits per heavy atom. The van der Waals surface area contributed by atoms with Gasteiger partial charge in [0, 0.05) is 18.6 Å². The zero-order valence-electron chi connectivity index (χ0n) is 12.3. The molecule has 0 aromatic heterocycles. The number of unbranched alkanes of at least 4 members (excludes halogenated alkanes) is 2. The number of rotatable bonds is 9. The maximum absolute atomic E-state index is 12.1. The highest BCUT2D eigenvalue weighted by atomic mass is 16.2. The van der Waals surface area contributed by atoms with Gasteiger partial charge in [-0.05, 0) is 33.6 Å². The van der Waals surface area contributed by atoms with Gasteiger partial charge < -0.3 is 10.2 Å². The monoisotopic (exact) mass is 242 g/mol. The van der Waals surface area contributed by atoms with Gasteiger partial charge in [0.1, 0.15) is 0 Å². The zero-order chi connectivity index (χ0) is 13.3. The predicted molar refractivity (Wildman–Crippen MR) is 74.1 cm³/mol. The molecule has 17 heavy (non-hydrogen) atoms. The Morgan fingerprint density at radius 3 is 2.29 bits per heavy atom. The lowest BCUT2D eigenvalue weighted by atomic mass is 10.2. The SMILES string of the molecule is CCCCCN(C(=O)CNC(C)CC)C(C)C. The van der Waals surface area contributed by atoms with Crippen LogP contribution >= 0.6 is 0 Å². The van der Waals surface area contributed by atoms with Gasteiger partial charge in [-0.3, -0.25) is 4.79 Å². The third-order valence-corrected chi connectivity index (χ3v) is 3.16. The molecule has 3 heteroatoms. The standard InChI is InChI=1S/C14H30N2O/c1-6-8-9-10-16(12(3)4)14(17)11-15-13(5)7-2/h12-13,15H,6-11H2,1-5H3. The lowest BCUT2D eigenvalue weighted by molar-refractivity contribution is -0.132. The summed E-state index contributed by atoms with van der Waals surface area (Å²) in [4.78, 5) is 14.1. The van der Waals surface area contributed by atoms with E-state index >= 15 is 0 Å². The van der Waals surface area contributed by atoms with Crippen molar-refractivity contribution in [2.75, 3.05) is 13.1 Å². The lowest BCUT2D eigenvalue weighted by Gasteiger charge is -2.27. The van der Waals surface area contributed by atoms with Crippen molar-refractivity contribution in [1.29, 1.82) is 0 Å². The number of nitrogens with zero attached hydrogens (tertiary/aromatic N) is 1. The number of carbonyl (C=O) groups excluding carboxylic acids is 1. The molecular formula is C14H30N2O. The average molecular weight is 242 g/mol. The summed E-state index contributed by atoms with van der Waals surface area (Å²) < 4.78 is 0. The molecule has 1 N–H and O–H groups in total. The van der Waals surface area contributed by atoms with Gasteiger partial charge >= 0.3 is 0 Å². The van der Waals surface area contributed by atoms with E-state index in [4.69, 9.17) is 0 Å². The van der Waals surface area contributed by atoms with Crippen molar-refractivity contribution in [3.05, 3.63) is 0 Å². The number of hydrogen-bond donors (Lipinski definition) is 1. The van der Waals surface area contributed by atoms with Gasteiger partial charge in [-0.25, -0.2) is 0 Å². The molecule has 0 aliphatic heterocycles. The van der Waals surface area contributed by atoms with E-state index in [9.17, 15) is 4.79 Å². The van der Waals surface area contributed by atoms with Gasteiger partial charge in [0.25, 0.3) is 0 Å². The van der Waals surface area contributed by atoms with Crippen LogP contribution in [0.3, 0.4) is 0 Å². The van der Waals surface area contributed by atoms with E-state index in [0.29, 0.717) is 18.6 Å². The summed E-state index contributed by atoms with van der Waals surface area (Å²) in [6.07, 6.45) is 4.58. The first-order chi connectivity index (χ1) is 8.02. The van der Waals surface area contributed by atoms with Crippen molar-refractivity contribution in [2.45, 2.75) is 72.4 Å². The van der Waals surface area contributed by atoms with E-state index in [1.165, 1.54) is 12.8 Å². The molecule has 0 aliphatic carbocycles. The molecule has 0 heterocycles. The fraction of sp³-hybridized carbons (Fsp3) is 0.929. The Balaban J connectivity index is 4.06. The summed E-state index contributed by atoms with van der Waals surface area (Å²) in [7, 11) is 0. The molecule has 0 aliphatic rings. The highest BCUT2D eigenvalue weighted by Crippen LogP contribution is 2.04. The minimum atomic E-state index is 0.233. The van der Waals surface area contributed by atoms with Gasteiger partial charge in [-0.2, -0.15) is 0 Å². The summed E-state index contributed by atoms with van der Waals surface area (Å²) in [5.41, 5.74) is 0. The van der Waals surface area contributed by atoms with Crippen molar-refractivity contribution >= 4 is 5.91 Å². The summed E-state index contributed by atoms with van der Waals surface area (Å²) in [5.74, 6) is 0.233. The first kappa shape index (κ1) is 16.4. The Morgan fingerprint density at radius 1 is 1.18 bits per heavy atom. The molecular weight excluding hydrogens is 212 g/mol. The normalized spacial score (nSPS) is 12.8. The number of nitrogens with one attached hydrogen (secondary N) is 1. The van der Waals surface area contributed by atoms with Gasteiger partial charge in [0.15, 0.2) is 0 Å². The molecule has 0 saturated heterocycles. The maximum Gasteiger partial charge on any atom is 0.236 e. The van der Waals surface area contributed by atoms with Crippen LogP contribution in [0.2, 0.25) is 0 Å². The summed E-state index contributed by atoms with van der Waals surface area (Å²) in [5, 5.41) is 3.27. The van der Waals surface area contributed by atoms with Gasteiger partial charge in [0.2, 0.25) is 5.91 Å². The molecule has 0 spiro atoms. The zero-order valence-corrected chi connectivity index (χ0v) is 12.3. The van der Waals surface area contributed by atoms with E-state index in [-0.39, 0.29) is 5.91 Å². The van der Waals surface area contributed by atoms with Crippen molar-refractivity contribution in [3.8, 4) is 0 Å².